The van der Waals surface area contributed by atoms with Crippen molar-refractivity contribution < 1.29 is 0 Å². The Balaban J connectivity index is 1.68. The first-order valence-corrected chi connectivity index (χ1v) is 6.47. The summed E-state index contributed by atoms with van der Waals surface area (Å²) in [7, 11) is 0. The van der Waals surface area contributed by atoms with Gasteiger partial charge in [0, 0.05) is 30.4 Å². The van der Waals surface area contributed by atoms with E-state index in [4.69, 9.17) is 0 Å². The van der Waals surface area contributed by atoms with Gasteiger partial charge in [-0.05, 0) is 25.0 Å². The third kappa shape index (κ3) is 2.11. The maximum atomic E-state index is 4.39. The van der Waals surface area contributed by atoms with Crippen molar-refractivity contribution in [2.45, 2.75) is 29.8 Å². The van der Waals surface area contributed by atoms with Crippen LogP contribution in [0, 0.1) is 0 Å². The molecule has 2 aromatic rings. The van der Waals surface area contributed by atoms with Gasteiger partial charge in [0.05, 0.1) is 5.69 Å². The molecule has 1 saturated carbocycles. The van der Waals surface area contributed by atoms with E-state index in [1.165, 1.54) is 12.8 Å². The number of rotatable bonds is 4. The van der Waals surface area contributed by atoms with Crippen LogP contribution in [0.1, 0.15) is 24.6 Å². The van der Waals surface area contributed by atoms with Crippen LogP contribution in [0.4, 0.5) is 0 Å². The molecule has 0 spiro atoms. The highest BCUT2D eigenvalue weighted by molar-refractivity contribution is 7.98. The lowest BCUT2D eigenvalue weighted by Crippen LogP contribution is -1.95. The molecule has 3 rings (SSSR count). The maximum Gasteiger partial charge on any atom is 0.168 e. The standard InChI is InChI=1S/C12H13N3S/c1-2-6-13-10(3-1)9-16-12-14-7-8-15(12)11-4-5-11/h1-3,6-8,11H,4-5,9H2. The summed E-state index contributed by atoms with van der Waals surface area (Å²) >= 11 is 1.76. The number of nitrogens with zero attached hydrogens (tertiary/aromatic N) is 3. The van der Waals surface area contributed by atoms with Crippen LogP contribution in [0.5, 0.6) is 0 Å². The average Bonchev–Trinajstić information content (AvgIpc) is 3.07. The molecule has 82 valence electrons. The van der Waals surface area contributed by atoms with E-state index in [2.05, 4.69) is 26.8 Å². The maximum absolute atomic E-state index is 4.39. The smallest absolute Gasteiger partial charge is 0.168 e. The minimum absolute atomic E-state index is 0.703. The Bertz CT molecular complexity index is 462. The van der Waals surface area contributed by atoms with E-state index in [0.717, 1.165) is 16.6 Å². The first-order valence-electron chi connectivity index (χ1n) is 5.49. The van der Waals surface area contributed by atoms with Gasteiger partial charge in [-0.1, -0.05) is 17.8 Å². The van der Waals surface area contributed by atoms with Crippen LogP contribution in [0.25, 0.3) is 0 Å². The molecule has 4 heteroatoms. The molecule has 0 radical (unpaired) electrons. The third-order valence-electron chi connectivity index (χ3n) is 2.65. The average molecular weight is 231 g/mol. The number of hydrogen-bond acceptors (Lipinski definition) is 3. The SMILES string of the molecule is c1ccc(CSc2nccn2C2CC2)nc1. The van der Waals surface area contributed by atoms with Crippen molar-refractivity contribution in [3.8, 4) is 0 Å². The molecular formula is C12H13N3S. The van der Waals surface area contributed by atoms with Crippen LogP contribution >= 0.6 is 11.8 Å². The summed E-state index contributed by atoms with van der Waals surface area (Å²) in [4.78, 5) is 8.70. The summed E-state index contributed by atoms with van der Waals surface area (Å²) in [6, 6.07) is 6.72. The van der Waals surface area contributed by atoms with Crippen LogP contribution in [-0.2, 0) is 5.75 Å². The minimum atomic E-state index is 0.703. The summed E-state index contributed by atoms with van der Waals surface area (Å²) in [6.45, 7) is 0. The molecule has 2 heterocycles. The zero-order valence-electron chi connectivity index (χ0n) is 8.91. The normalized spacial score (nSPS) is 15.2. The van der Waals surface area contributed by atoms with E-state index in [1.54, 1.807) is 11.8 Å². The molecule has 0 saturated heterocycles. The topological polar surface area (TPSA) is 30.7 Å². The highest BCUT2D eigenvalue weighted by Gasteiger charge is 2.25. The van der Waals surface area contributed by atoms with Gasteiger partial charge in [-0.3, -0.25) is 4.98 Å². The molecule has 1 aliphatic carbocycles. The Morgan fingerprint density at radius 3 is 2.94 bits per heavy atom. The number of hydrogen-bond donors (Lipinski definition) is 0. The molecule has 0 aromatic carbocycles. The molecule has 16 heavy (non-hydrogen) atoms. The molecular weight excluding hydrogens is 218 g/mol. The lowest BCUT2D eigenvalue weighted by atomic mass is 10.4. The number of aromatic nitrogens is 3. The summed E-state index contributed by atoms with van der Waals surface area (Å²) in [5.74, 6) is 0.893. The largest absolute Gasteiger partial charge is 0.323 e. The van der Waals surface area contributed by atoms with E-state index in [-0.39, 0.29) is 0 Å². The van der Waals surface area contributed by atoms with Crippen LogP contribution < -0.4 is 0 Å². The molecule has 0 unspecified atom stereocenters. The first-order chi connectivity index (χ1) is 7.93. The van der Waals surface area contributed by atoms with Gasteiger partial charge < -0.3 is 4.57 Å². The van der Waals surface area contributed by atoms with Crippen LogP contribution in [0.2, 0.25) is 0 Å². The van der Waals surface area contributed by atoms with Crippen molar-refractivity contribution in [2.24, 2.45) is 0 Å². The Hall–Kier alpha value is -1.29. The Morgan fingerprint density at radius 1 is 1.25 bits per heavy atom. The molecule has 2 aromatic heterocycles. The van der Waals surface area contributed by atoms with Crippen molar-refractivity contribution in [1.29, 1.82) is 0 Å². The lowest BCUT2D eigenvalue weighted by Gasteiger charge is -2.04. The molecule has 0 aliphatic heterocycles. The number of pyridine rings is 1. The van der Waals surface area contributed by atoms with Crippen LogP contribution in [0.15, 0.2) is 41.9 Å². The molecule has 1 aliphatic rings. The Kier molecular flexibility index (Phi) is 2.66. The van der Waals surface area contributed by atoms with Gasteiger partial charge in [0.1, 0.15) is 0 Å². The molecule has 1 fully saturated rings. The third-order valence-corrected chi connectivity index (χ3v) is 3.66. The fourth-order valence-electron chi connectivity index (χ4n) is 1.66. The molecule has 0 amide bonds. The van der Waals surface area contributed by atoms with Gasteiger partial charge >= 0.3 is 0 Å². The fourth-order valence-corrected chi connectivity index (χ4v) is 2.61. The monoisotopic (exact) mass is 231 g/mol. The van der Waals surface area contributed by atoms with E-state index >= 15 is 0 Å². The summed E-state index contributed by atoms with van der Waals surface area (Å²) in [5, 5.41) is 1.12. The van der Waals surface area contributed by atoms with Crippen molar-refractivity contribution in [2.75, 3.05) is 0 Å². The quantitative estimate of drug-likeness (QED) is 0.758. The molecule has 0 atom stereocenters. The predicted octanol–water partition coefficient (Wildman–Crippen LogP) is 2.91. The second-order valence-corrected chi connectivity index (χ2v) is 4.90. The summed E-state index contributed by atoms with van der Waals surface area (Å²) < 4.78 is 2.29. The number of imidazole rings is 1. The Labute approximate surface area is 98.9 Å². The first kappa shape index (κ1) is 9.90. The minimum Gasteiger partial charge on any atom is -0.323 e. The fraction of sp³-hybridized carbons (Fsp3) is 0.333. The highest BCUT2D eigenvalue weighted by atomic mass is 32.2. The Morgan fingerprint density at radius 2 is 2.19 bits per heavy atom. The van der Waals surface area contributed by atoms with E-state index in [1.807, 2.05) is 24.5 Å². The van der Waals surface area contributed by atoms with Crippen molar-refractivity contribution in [1.82, 2.24) is 14.5 Å². The zero-order chi connectivity index (χ0) is 10.8. The van der Waals surface area contributed by atoms with E-state index < -0.39 is 0 Å². The predicted molar refractivity (Wildman–Crippen MR) is 64.3 cm³/mol. The van der Waals surface area contributed by atoms with Crippen LogP contribution in [0.3, 0.4) is 0 Å². The summed E-state index contributed by atoms with van der Waals surface area (Å²) in [5.41, 5.74) is 1.11. The van der Waals surface area contributed by atoms with E-state index in [0.29, 0.717) is 6.04 Å². The van der Waals surface area contributed by atoms with E-state index in [9.17, 15) is 0 Å². The molecule has 0 bridgehead atoms. The van der Waals surface area contributed by atoms with Crippen molar-refractivity contribution in [3.63, 3.8) is 0 Å². The lowest BCUT2D eigenvalue weighted by molar-refractivity contribution is 0.663. The second kappa shape index (κ2) is 4.29. The molecule has 0 N–H and O–H groups in total. The van der Waals surface area contributed by atoms with Gasteiger partial charge in [-0.25, -0.2) is 4.98 Å². The summed E-state index contributed by atoms with van der Waals surface area (Å²) in [6.07, 6.45) is 8.40. The van der Waals surface area contributed by atoms with Crippen LogP contribution in [-0.4, -0.2) is 14.5 Å². The molecule has 3 nitrogen and oxygen atoms in total. The van der Waals surface area contributed by atoms with Gasteiger partial charge in [-0.15, -0.1) is 0 Å². The second-order valence-electron chi connectivity index (χ2n) is 3.96. The zero-order valence-corrected chi connectivity index (χ0v) is 9.73. The number of thioether (sulfide) groups is 1. The highest BCUT2D eigenvalue weighted by Crippen LogP contribution is 2.37. The van der Waals surface area contributed by atoms with Gasteiger partial charge in [-0.2, -0.15) is 0 Å². The van der Waals surface area contributed by atoms with Gasteiger partial charge in [0.15, 0.2) is 5.16 Å². The van der Waals surface area contributed by atoms with Crippen molar-refractivity contribution in [3.05, 3.63) is 42.5 Å². The van der Waals surface area contributed by atoms with Crippen molar-refractivity contribution >= 4 is 11.8 Å². The van der Waals surface area contributed by atoms with Gasteiger partial charge in [0.2, 0.25) is 0 Å². The van der Waals surface area contributed by atoms with Gasteiger partial charge in [0.25, 0.3) is 0 Å².